The van der Waals surface area contributed by atoms with E-state index in [1.807, 2.05) is 0 Å². The maximum Gasteiger partial charge on any atom is 0.354 e. The van der Waals surface area contributed by atoms with Gasteiger partial charge in [0.05, 0.1) is 12.7 Å². The molecule has 0 amide bonds. The minimum absolute atomic E-state index is 0.0850. The first-order valence-electron chi connectivity index (χ1n) is 3.48. The number of fused-ring (bicyclic) bond motifs is 1. The summed E-state index contributed by atoms with van der Waals surface area (Å²) in [5, 5.41) is 8.66. The van der Waals surface area contributed by atoms with Crippen LogP contribution in [0.3, 0.4) is 0 Å². The van der Waals surface area contributed by atoms with Crippen LogP contribution in [0.2, 0.25) is 0 Å². The quantitative estimate of drug-likeness (QED) is 0.700. The molecule has 0 unspecified atom stereocenters. The molecule has 0 saturated carbocycles. The lowest BCUT2D eigenvalue weighted by Gasteiger charge is -2.11. The van der Waals surface area contributed by atoms with Crippen LogP contribution in [-0.4, -0.2) is 20.6 Å². The highest BCUT2D eigenvalue weighted by Gasteiger charge is 2.20. The fourth-order valence-electron chi connectivity index (χ4n) is 1.08. The standard InChI is InChI=1S/C7H5FN2O3/c8-4-2-10-5(6(11)12)1-9-7(10)13-3-4/h1,3H,2H2,(H,11,12). The zero-order chi connectivity index (χ0) is 9.42. The van der Waals surface area contributed by atoms with Crippen molar-refractivity contribution in [1.29, 1.82) is 0 Å². The molecule has 1 N–H and O–H groups in total. The molecule has 2 heterocycles. The van der Waals surface area contributed by atoms with Crippen LogP contribution >= 0.6 is 0 Å². The fraction of sp³-hybridized carbons (Fsp3) is 0.143. The smallest absolute Gasteiger partial charge is 0.354 e. The highest BCUT2D eigenvalue weighted by Crippen LogP contribution is 2.20. The third kappa shape index (κ3) is 1.16. The van der Waals surface area contributed by atoms with Crippen LogP contribution in [0, 0.1) is 0 Å². The molecule has 0 saturated heterocycles. The Kier molecular flexibility index (Phi) is 1.54. The van der Waals surface area contributed by atoms with Gasteiger partial charge in [-0.3, -0.25) is 4.57 Å². The van der Waals surface area contributed by atoms with Crippen LogP contribution in [0.5, 0.6) is 6.01 Å². The SMILES string of the molecule is O=C(O)c1cnc2n1CC(F)=CO2. The van der Waals surface area contributed by atoms with E-state index in [1.165, 1.54) is 0 Å². The Morgan fingerprint density at radius 3 is 3.23 bits per heavy atom. The maximum absolute atomic E-state index is 12.7. The van der Waals surface area contributed by atoms with E-state index in [0.29, 0.717) is 0 Å². The molecule has 0 atom stereocenters. The fourth-order valence-corrected chi connectivity index (χ4v) is 1.08. The molecule has 1 aromatic rings. The van der Waals surface area contributed by atoms with Crippen molar-refractivity contribution in [2.45, 2.75) is 6.54 Å². The normalized spacial score (nSPS) is 14.4. The molecule has 2 rings (SSSR count). The van der Waals surface area contributed by atoms with E-state index >= 15 is 0 Å². The number of nitrogens with zero attached hydrogens (tertiary/aromatic N) is 2. The van der Waals surface area contributed by atoms with Crippen LogP contribution in [0.15, 0.2) is 18.3 Å². The Balaban J connectivity index is 2.45. The number of hydrogen-bond acceptors (Lipinski definition) is 3. The van der Waals surface area contributed by atoms with Gasteiger partial charge < -0.3 is 9.84 Å². The average molecular weight is 184 g/mol. The molecule has 0 fully saturated rings. The molecule has 0 bridgehead atoms. The van der Waals surface area contributed by atoms with Gasteiger partial charge in [0.25, 0.3) is 0 Å². The molecule has 5 nitrogen and oxygen atoms in total. The Bertz CT molecular complexity index is 396. The van der Waals surface area contributed by atoms with Crippen molar-refractivity contribution in [2.24, 2.45) is 0 Å². The zero-order valence-corrected chi connectivity index (χ0v) is 6.40. The summed E-state index contributed by atoms with van der Waals surface area (Å²) in [5.74, 6) is -1.69. The number of imidazole rings is 1. The number of allylic oxidation sites excluding steroid dienone is 1. The second kappa shape index (κ2) is 2.58. The Morgan fingerprint density at radius 2 is 2.54 bits per heavy atom. The van der Waals surface area contributed by atoms with E-state index < -0.39 is 11.8 Å². The summed E-state index contributed by atoms with van der Waals surface area (Å²) in [6, 6.07) is 0.0961. The molecule has 1 aromatic heterocycles. The van der Waals surface area contributed by atoms with Gasteiger partial charge in [-0.05, 0) is 0 Å². The van der Waals surface area contributed by atoms with Gasteiger partial charge in [-0.1, -0.05) is 0 Å². The molecular weight excluding hydrogens is 179 g/mol. The lowest BCUT2D eigenvalue weighted by molar-refractivity contribution is 0.0683. The molecule has 1 aliphatic heterocycles. The second-order valence-corrected chi connectivity index (χ2v) is 2.50. The number of ether oxygens (including phenoxy) is 1. The number of carboxylic acids is 1. The monoisotopic (exact) mass is 184 g/mol. The Hall–Kier alpha value is -1.85. The van der Waals surface area contributed by atoms with Crippen molar-refractivity contribution in [1.82, 2.24) is 9.55 Å². The summed E-state index contributed by atoms with van der Waals surface area (Å²) in [6.07, 6.45) is 2.04. The summed E-state index contributed by atoms with van der Waals surface area (Å²) in [6.45, 7) is -0.142. The second-order valence-electron chi connectivity index (χ2n) is 2.50. The van der Waals surface area contributed by atoms with Crippen molar-refractivity contribution in [3.05, 3.63) is 24.0 Å². The van der Waals surface area contributed by atoms with E-state index in [1.54, 1.807) is 0 Å². The first kappa shape index (κ1) is 7.78. The number of aromatic nitrogens is 2. The van der Waals surface area contributed by atoms with Gasteiger partial charge in [-0.15, -0.1) is 0 Å². The predicted octanol–water partition coefficient (Wildman–Crippen LogP) is 0.785. The van der Waals surface area contributed by atoms with Gasteiger partial charge in [0, 0.05) is 0 Å². The number of hydrogen-bond donors (Lipinski definition) is 1. The molecule has 0 aliphatic carbocycles. The van der Waals surface area contributed by atoms with Crippen molar-refractivity contribution < 1.29 is 19.0 Å². The minimum Gasteiger partial charge on any atom is -0.477 e. The summed E-state index contributed by atoms with van der Waals surface area (Å²) < 4.78 is 18.5. The van der Waals surface area contributed by atoms with E-state index in [4.69, 9.17) is 9.84 Å². The lowest BCUT2D eigenvalue weighted by atomic mass is 10.4. The zero-order valence-electron chi connectivity index (χ0n) is 6.40. The van der Waals surface area contributed by atoms with Gasteiger partial charge in [0.2, 0.25) is 0 Å². The van der Waals surface area contributed by atoms with Crippen LogP contribution in [0.1, 0.15) is 10.5 Å². The van der Waals surface area contributed by atoms with E-state index in [0.717, 1.165) is 17.0 Å². The molecule has 13 heavy (non-hydrogen) atoms. The number of rotatable bonds is 1. The first-order chi connectivity index (χ1) is 6.18. The number of aromatic carboxylic acids is 1. The molecule has 6 heteroatoms. The van der Waals surface area contributed by atoms with Gasteiger partial charge >= 0.3 is 12.0 Å². The van der Waals surface area contributed by atoms with Gasteiger partial charge in [0.1, 0.15) is 6.26 Å². The van der Waals surface area contributed by atoms with Gasteiger partial charge in [0.15, 0.2) is 11.5 Å². The first-order valence-corrected chi connectivity index (χ1v) is 3.48. The molecular formula is C7H5FN2O3. The van der Waals surface area contributed by atoms with E-state index in [9.17, 15) is 9.18 Å². The van der Waals surface area contributed by atoms with Gasteiger partial charge in [-0.25, -0.2) is 14.2 Å². The molecule has 0 radical (unpaired) electrons. The maximum atomic E-state index is 12.7. The lowest BCUT2D eigenvalue weighted by Crippen LogP contribution is -2.13. The van der Waals surface area contributed by atoms with E-state index in [2.05, 4.69) is 4.98 Å². The number of halogens is 1. The largest absolute Gasteiger partial charge is 0.477 e. The van der Waals surface area contributed by atoms with Crippen LogP contribution in [0.4, 0.5) is 4.39 Å². The topological polar surface area (TPSA) is 64.3 Å². The van der Waals surface area contributed by atoms with Crippen molar-refractivity contribution in [2.75, 3.05) is 0 Å². The number of carbonyl (C=O) groups is 1. The van der Waals surface area contributed by atoms with Crippen LogP contribution in [-0.2, 0) is 6.54 Å². The van der Waals surface area contributed by atoms with Crippen molar-refractivity contribution >= 4 is 5.97 Å². The Morgan fingerprint density at radius 1 is 1.77 bits per heavy atom. The summed E-state index contributed by atoms with van der Waals surface area (Å²) in [4.78, 5) is 14.2. The third-order valence-electron chi connectivity index (χ3n) is 1.64. The van der Waals surface area contributed by atoms with Gasteiger partial charge in [-0.2, -0.15) is 0 Å². The van der Waals surface area contributed by atoms with Crippen LogP contribution in [0.25, 0.3) is 0 Å². The molecule has 0 aromatic carbocycles. The minimum atomic E-state index is -1.16. The number of carboxylic acid groups (broad SMARTS) is 1. The Labute approximate surface area is 72.1 Å². The highest BCUT2D eigenvalue weighted by molar-refractivity contribution is 5.85. The highest BCUT2D eigenvalue weighted by atomic mass is 19.1. The summed E-state index contributed by atoms with van der Waals surface area (Å²) in [5.41, 5.74) is -0.0850. The molecule has 0 spiro atoms. The predicted molar refractivity (Wildman–Crippen MR) is 39.0 cm³/mol. The molecule has 68 valence electrons. The summed E-state index contributed by atoms with van der Waals surface area (Å²) >= 11 is 0. The summed E-state index contributed by atoms with van der Waals surface area (Å²) in [7, 11) is 0. The van der Waals surface area contributed by atoms with Crippen molar-refractivity contribution in [3.8, 4) is 6.01 Å². The average Bonchev–Trinajstić information content (AvgIpc) is 2.46. The van der Waals surface area contributed by atoms with E-state index in [-0.39, 0.29) is 18.2 Å². The third-order valence-corrected chi connectivity index (χ3v) is 1.64. The van der Waals surface area contributed by atoms with Crippen LogP contribution < -0.4 is 4.74 Å². The van der Waals surface area contributed by atoms with Crippen molar-refractivity contribution in [3.63, 3.8) is 0 Å². The molecule has 1 aliphatic rings.